The molecule has 1 saturated carbocycles. The lowest BCUT2D eigenvalue weighted by atomic mass is 9.61. The zero-order valence-electron chi connectivity index (χ0n) is 15.3. The Hall–Kier alpha value is -2.60. The van der Waals surface area contributed by atoms with Crippen LogP contribution in [0.15, 0.2) is 30.3 Å². The van der Waals surface area contributed by atoms with Crippen LogP contribution in [0.1, 0.15) is 30.0 Å². The van der Waals surface area contributed by atoms with Crippen LogP contribution in [0.2, 0.25) is 6.82 Å². The molecule has 1 aliphatic carbocycles. The molecule has 0 atom stereocenters. The summed E-state index contributed by atoms with van der Waals surface area (Å²) in [5.74, 6) is 1.79. The Morgan fingerprint density at radius 3 is 2.58 bits per heavy atom. The molecule has 0 radical (unpaired) electrons. The smallest absolute Gasteiger partial charge is 0.320 e. The van der Waals surface area contributed by atoms with E-state index >= 15 is 0 Å². The van der Waals surface area contributed by atoms with Gasteiger partial charge in [-0.1, -0.05) is 19.0 Å². The average molecular weight is 347 g/mol. The van der Waals surface area contributed by atoms with Gasteiger partial charge < -0.3 is 15.5 Å². The van der Waals surface area contributed by atoms with Gasteiger partial charge in [-0.15, -0.1) is 5.10 Å². The molecule has 0 aliphatic heterocycles. The topological polar surface area (TPSA) is 81.3 Å². The number of nitrogens with zero attached hydrogens (tertiary/aromatic N) is 2. The largest absolute Gasteiger partial charge is 0.496 e. The van der Waals surface area contributed by atoms with Crippen molar-refractivity contribution in [1.29, 1.82) is 0 Å². The standard InChI is InChI=1S/C20H22BN3O2/c1-11-15-8-13(6-7-14(15)20(22)24-23-11)17-9-18(21(2)25)16(12-4-5-12)10-19(17)26-3/h6-10,12,25H,4-5H2,1-3H3,(H2,22,24). The van der Waals surface area contributed by atoms with E-state index in [1.807, 2.05) is 25.9 Å². The van der Waals surface area contributed by atoms with Gasteiger partial charge in [0.1, 0.15) is 5.75 Å². The third-order valence-corrected chi connectivity index (χ3v) is 5.18. The number of nitrogens with two attached hydrogens (primary N) is 1. The van der Waals surface area contributed by atoms with E-state index in [-0.39, 0.29) is 0 Å². The van der Waals surface area contributed by atoms with E-state index in [1.54, 1.807) is 7.11 Å². The molecule has 0 spiro atoms. The fourth-order valence-corrected chi connectivity index (χ4v) is 3.59. The number of hydrogen-bond acceptors (Lipinski definition) is 5. The Bertz CT molecular complexity index is 1000. The monoisotopic (exact) mass is 347 g/mol. The van der Waals surface area contributed by atoms with Crippen molar-refractivity contribution in [2.45, 2.75) is 32.5 Å². The number of rotatable bonds is 4. The van der Waals surface area contributed by atoms with E-state index in [4.69, 9.17) is 10.5 Å². The van der Waals surface area contributed by atoms with Gasteiger partial charge in [-0.05, 0) is 60.5 Å². The van der Waals surface area contributed by atoms with Gasteiger partial charge in [0.05, 0.1) is 12.8 Å². The first-order valence-corrected chi connectivity index (χ1v) is 8.92. The minimum Gasteiger partial charge on any atom is -0.496 e. The quantitative estimate of drug-likeness (QED) is 0.710. The molecule has 26 heavy (non-hydrogen) atoms. The Labute approximate surface area is 153 Å². The van der Waals surface area contributed by atoms with Crippen LogP contribution >= 0.6 is 0 Å². The molecule has 0 amide bonds. The second-order valence-electron chi connectivity index (χ2n) is 7.06. The predicted octanol–water partition coefficient (Wildman–Crippen LogP) is 2.89. The summed E-state index contributed by atoms with van der Waals surface area (Å²) < 4.78 is 5.68. The highest BCUT2D eigenvalue weighted by molar-refractivity contribution is 6.65. The summed E-state index contributed by atoms with van der Waals surface area (Å²) in [5.41, 5.74) is 10.9. The summed E-state index contributed by atoms with van der Waals surface area (Å²) >= 11 is 0. The number of aromatic nitrogens is 2. The van der Waals surface area contributed by atoms with Crippen LogP contribution in [0.5, 0.6) is 5.75 Å². The number of hydrogen-bond donors (Lipinski definition) is 2. The van der Waals surface area contributed by atoms with Gasteiger partial charge in [0, 0.05) is 16.3 Å². The molecule has 1 fully saturated rings. The molecule has 0 saturated heterocycles. The zero-order chi connectivity index (χ0) is 18.4. The lowest BCUT2D eigenvalue weighted by molar-refractivity contribution is 0.416. The number of aryl methyl sites for hydroxylation is 1. The molecule has 3 N–H and O–H groups in total. The molecule has 1 aromatic heterocycles. The summed E-state index contributed by atoms with van der Waals surface area (Å²) in [4.78, 5) is 0. The second kappa shape index (κ2) is 6.29. The maximum atomic E-state index is 10.3. The zero-order valence-corrected chi connectivity index (χ0v) is 15.3. The normalized spacial score (nSPS) is 13.8. The molecule has 132 valence electrons. The Morgan fingerprint density at radius 2 is 1.92 bits per heavy atom. The lowest BCUT2D eigenvalue weighted by Crippen LogP contribution is -2.30. The van der Waals surface area contributed by atoms with E-state index in [2.05, 4.69) is 28.4 Å². The summed E-state index contributed by atoms with van der Waals surface area (Å²) in [6.07, 6.45) is 2.35. The molecule has 1 heterocycles. The highest BCUT2D eigenvalue weighted by Gasteiger charge is 2.29. The first-order valence-electron chi connectivity index (χ1n) is 8.92. The second-order valence-corrected chi connectivity index (χ2v) is 7.06. The van der Waals surface area contributed by atoms with Crippen LogP contribution in [0, 0.1) is 6.92 Å². The van der Waals surface area contributed by atoms with Crippen molar-refractivity contribution in [3.63, 3.8) is 0 Å². The first kappa shape index (κ1) is 16.9. The molecule has 3 aromatic rings. The minimum absolute atomic E-state index is 0.429. The van der Waals surface area contributed by atoms with Crippen molar-refractivity contribution in [2.75, 3.05) is 12.8 Å². The number of nitrogen functional groups attached to an aromatic ring is 1. The van der Waals surface area contributed by atoms with E-state index < -0.39 is 6.92 Å². The number of anilines is 1. The number of benzene rings is 2. The van der Waals surface area contributed by atoms with Crippen molar-refractivity contribution in [1.82, 2.24) is 10.2 Å². The van der Waals surface area contributed by atoms with Crippen molar-refractivity contribution >= 4 is 29.0 Å². The number of ether oxygens (including phenoxy) is 1. The Balaban J connectivity index is 1.93. The van der Waals surface area contributed by atoms with Crippen molar-refractivity contribution in [3.8, 4) is 16.9 Å². The highest BCUT2D eigenvalue weighted by Crippen LogP contribution is 2.42. The summed E-state index contributed by atoms with van der Waals surface area (Å²) in [5, 5.41) is 20.3. The molecule has 1 aliphatic rings. The molecule has 6 heteroatoms. The molecule has 2 aromatic carbocycles. The van der Waals surface area contributed by atoms with Crippen LogP contribution in [-0.4, -0.2) is 29.2 Å². The van der Waals surface area contributed by atoms with Crippen LogP contribution in [0.25, 0.3) is 21.9 Å². The molecule has 0 unspecified atom stereocenters. The minimum atomic E-state index is -0.515. The average Bonchev–Trinajstić information content (AvgIpc) is 3.48. The third kappa shape index (κ3) is 2.80. The van der Waals surface area contributed by atoms with Gasteiger partial charge in [-0.25, -0.2) is 0 Å². The van der Waals surface area contributed by atoms with Crippen LogP contribution < -0.4 is 15.9 Å². The maximum Gasteiger partial charge on any atom is 0.320 e. The van der Waals surface area contributed by atoms with Crippen molar-refractivity contribution in [3.05, 3.63) is 41.6 Å². The van der Waals surface area contributed by atoms with Crippen molar-refractivity contribution < 1.29 is 9.76 Å². The fraction of sp³-hybridized carbons (Fsp3) is 0.300. The Morgan fingerprint density at radius 1 is 1.15 bits per heavy atom. The fourth-order valence-electron chi connectivity index (χ4n) is 3.59. The predicted molar refractivity (Wildman–Crippen MR) is 106 cm³/mol. The van der Waals surface area contributed by atoms with Gasteiger partial charge >= 0.3 is 6.92 Å². The third-order valence-electron chi connectivity index (χ3n) is 5.18. The van der Waals surface area contributed by atoms with Crippen LogP contribution in [0.4, 0.5) is 5.82 Å². The summed E-state index contributed by atoms with van der Waals surface area (Å²) in [6, 6.07) is 10.2. The lowest BCUT2D eigenvalue weighted by Gasteiger charge is -2.17. The first-order chi connectivity index (χ1) is 12.5. The SMILES string of the molecule is COc1cc(C2CC2)c(B(C)O)cc1-c1ccc2c(N)nnc(C)c2c1. The van der Waals surface area contributed by atoms with Gasteiger partial charge in [0.25, 0.3) is 0 Å². The van der Waals surface area contributed by atoms with E-state index in [0.29, 0.717) is 11.7 Å². The molecule has 5 nitrogen and oxygen atoms in total. The summed E-state index contributed by atoms with van der Waals surface area (Å²) in [6.45, 7) is 3.23. The van der Waals surface area contributed by atoms with E-state index in [9.17, 15) is 5.02 Å². The number of fused-ring (bicyclic) bond motifs is 1. The molecule has 4 rings (SSSR count). The number of methoxy groups -OCH3 is 1. The van der Waals surface area contributed by atoms with Gasteiger partial charge in [-0.2, -0.15) is 5.10 Å². The van der Waals surface area contributed by atoms with Gasteiger partial charge in [0.2, 0.25) is 0 Å². The molecular formula is C20H22BN3O2. The van der Waals surface area contributed by atoms with E-state index in [1.165, 1.54) is 18.4 Å². The van der Waals surface area contributed by atoms with Crippen molar-refractivity contribution in [2.24, 2.45) is 0 Å². The highest BCUT2D eigenvalue weighted by atomic mass is 16.5. The van der Waals surface area contributed by atoms with Crippen LogP contribution in [0.3, 0.4) is 0 Å². The van der Waals surface area contributed by atoms with Gasteiger partial charge in [0.15, 0.2) is 5.82 Å². The Kier molecular flexibility index (Phi) is 4.08. The van der Waals surface area contributed by atoms with Crippen LogP contribution in [-0.2, 0) is 0 Å². The maximum absolute atomic E-state index is 10.3. The van der Waals surface area contributed by atoms with E-state index in [0.717, 1.165) is 38.8 Å². The molecule has 0 bridgehead atoms. The summed E-state index contributed by atoms with van der Waals surface area (Å²) in [7, 11) is 1.69. The molecular weight excluding hydrogens is 325 g/mol. The van der Waals surface area contributed by atoms with Gasteiger partial charge in [-0.3, -0.25) is 0 Å².